The van der Waals surface area contributed by atoms with Gasteiger partial charge in [0.05, 0.1) is 38.6 Å². The molecule has 4 atom stereocenters. The quantitative estimate of drug-likeness (QED) is 0.203. The third kappa shape index (κ3) is 4.84. The summed E-state index contributed by atoms with van der Waals surface area (Å²) in [6.45, 7) is 3.26. The first-order valence-electron chi connectivity index (χ1n) is 13.2. The largest absolute Gasteiger partial charge is 0.478 e. The monoisotopic (exact) mass is 620 g/mol. The number of nitrogens with zero attached hydrogens (tertiary/aromatic N) is 2. The number of hydrogen-bond acceptors (Lipinski definition) is 8. The van der Waals surface area contributed by atoms with E-state index in [9.17, 15) is 24.5 Å². The minimum absolute atomic E-state index is 0.0681. The summed E-state index contributed by atoms with van der Waals surface area (Å²) >= 11 is 14.0. The molecule has 2 aliphatic rings. The molecular weight excluding hydrogens is 594 g/mol. The van der Waals surface area contributed by atoms with Gasteiger partial charge in [-0.1, -0.05) is 34.4 Å². The Labute approximate surface area is 248 Å². The second-order valence-electron chi connectivity index (χ2n) is 11.3. The first kappa shape index (κ1) is 28.5. The highest BCUT2D eigenvalue weighted by molar-refractivity contribution is 7.18. The van der Waals surface area contributed by atoms with Crippen LogP contribution in [-0.4, -0.2) is 37.5 Å². The van der Waals surface area contributed by atoms with Crippen molar-refractivity contribution in [2.45, 2.75) is 63.4 Å². The second kappa shape index (κ2) is 10.3. The average molecular weight is 622 g/mol. The van der Waals surface area contributed by atoms with Crippen LogP contribution in [0.1, 0.15) is 66.2 Å². The number of thiazole rings is 1. The van der Waals surface area contributed by atoms with Gasteiger partial charge in [0.15, 0.2) is 11.6 Å². The van der Waals surface area contributed by atoms with Gasteiger partial charge in [-0.05, 0) is 75.6 Å². The summed E-state index contributed by atoms with van der Waals surface area (Å²) in [5.74, 6) is -2.06. The summed E-state index contributed by atoms with van der Waals surface area (Å²) in [6.07, 6.45) is 2.37. The normalized spacial score (nSPS) is 24.3. The maximum absolute atomic E-state index is 14.7. The van der Waals surface area contributed by atoms with E-state index < -0.39 is 23.0 Å². The molecule has 3 N–H and O–H groups in total. The summed E-state index contributed by atoms with van der Waals surface area (Å²) in [5, 5.41) is 37.4. The van der Waals surface area contributed by atoms with E-state index in [2.05, 4.69) is 10.1 Å². The van der Waals surface area contributed by atoms with Gasteiger partial charge in [-0.25, -0.2) is 14.2 Å². The highest BCUT2D eigenvalue weighted by Gasteiger charge is 2.56. The Kier molecular flexibility index (Phi) is 7.16. The highest BCUT2D eigenvalue weighted by Crippen LogP contribution is 2.57. The molecule has 6 rings (SSSR count). The maximum Gasteiger partial charge on any atom is 0.335 e. The zero-order valence-corrected chi connectivity index (χ0v) is 24.5. The summed E-state index contributed by atoms with van der Waals surface area (Å²) in [6, 6.07) is 7.47. The molecule has 0 saturated heterocycles. The molecule has 8 nitrogen and oxygen atoms in total. The predicted molar refractivity (Wildman–Crippen MR) is 152 cm³/mol. The Morgan fingerprint density at radius 1 is 1.22 bits per heavy atom. The van der Waals surface area contributed by atoms with Crippen LogP contribution in [-0.2, 0) is 22.5 Å². The Bertz CT molecular complexity index is 1630. The molecule has 2 fully saturated rings. The molecule has 2 bridgehead atoms. The van der Waals surface area contributed by atoms with E-state index in [1.54, 1.807) is 32.0 Å². The van der Waals surface area contributed by atoms with Crippen LogP contribution in [0, 0.1) is 17.7 Å². The third-order valence-corrected chi connectivity index (χ3v) is 10.0. The van der Waals surface area contributed by atoms with E-state index in [1.165, 1.54) is 6.07 Å². The van der Waals surface area contributed by atoms with Gasteiger partial charge in [0.1, 0.15) is 27.4 Å². The number of carboxylic acid groups (broad SMARTS) is 1. The van der Waals surface area contributed by atoms with Crippen molar-refractivity contribution < 1.29 is 33.8 Å². The van der Waals surface area contributed by atoms with Crippen molar-refractivity contribution in [1.82, 2.24) is 10.1 Å². The Morgan fingerprint density at radius 2 is 1.88 bits per heavy atom. The lowest BCUT2D eigenvalue weighted by Gasteiger charge is -2.41. The van der Waals surface area contributed by atoms with Crippen molar-refractivity contribution in [3.8, 4) is 11.3 Å². The van der Waals surface area contributed by atoms with Crippen LogP contribution in [0.15, 0.2) is 34.9 Å². The van der Waals surface area contributed by atoms with Gasteiger partial charge in [-0.15, -0.1) is 11.3 Å². The van der Waals surface area contributed by atoms with Crippen molar-refractivity contribution in [3.63, 3.8) is 0 Å². The van der Waals surface area contributed by atoms with Crippen LogP contribution in [0.3, 0.4) is 0 Å². The third-order valence-electron chi connectivity index (χ3n) is 8.25. The Morgan fingerprint density at radius 3 is 2.49 bits per heavy atom. The molecule has 2 aliphatic carbocycles. The lowest BCUT2D eigenvalue weighted by Crippen LogP contribution is -2.44. The number of aliphatic hydroxyl groups is 2. The molecule has 2 aromatic carbocycles. The van der Waals surface area contributed by atoms with Crippen LogP contribution < -0.4 is 0 Å². The number of aromatic carboxylic acids is 1. The molecule has 0 aliphatic heterocycles. The van der Waals surface area contributed by atoms with E-state index in [0.717, 1.165) is 30.2 Å². The standard InChI is InChI=1S/C29H27Cl2FN2O6S/c1-28(2,37)25-17(23(34-40-25)22-18(30)4-3-5-19(22)31)12-39-16-10-14-6-7-15(11-16)29(14,38)27-33-24-20(32)8-13(26(35)36)9-21(24)41-27/h3-5,8-9,14-16,37-38H,6-7,10-12H2,1-2H3,(H,35,36)/t14-,15+,16+,29-. The van der Waals surface area contributed by atoms with Crippen LogP contribution in [0.2, 0.25) is 10.0 Å². The summed E-state index contributed by atoms with van der Waals surface area (Å²) < 4.78 is 27.0. The average Bonchev–Trinajstić information content (AvgIpc) is 3.55. The van der Waals surface area contributed by atoms with Gasteiger partial charge in [0.25, 0.3) is 0 Å². The topological polar surface area (TPSA) is 126 Å². The zero-order chi connectivity index (χ0) is 29.3. The van der Waals surface area contributed by atoms with Gasteiger partial charge >= 0.3 is 5.97 Å². The van der Waals surface area contributed by atoms with E-state index in [-0.39, 0.29) is 41.4 Å². The number of aromatic nitrogens is 2. The summed E-state index contributed by atoms with van der Waals surface area (Å²) in [5.41, 5.74) is -1.27. The molecule has 12 heteroatoms. The Balaban J connectivity index is 1.26. The maximum atomic E-state index is 14.7. The second-order valence-corrected chi connectivity index (χ2v) is 13.2. The van der Waals surface area contributed by atoms with Crippen molar-refractivity contribution >= 4 is 50.7 Å². The highest BCUT2D eigenvalue weighted by atomic mass is 35.5. The number of carbonyl (C=O) groups is 1. The molecule has 4 aromatic rings. The smallest absolute Gasteiger partial charge is 0.335 e. The first-order valence-corrected chi connectivity index (χ1v) is 14.8. The van der Waals surface area contributed by atoms with E-state index in [1.807, 2.05) is 0 Å². The number of carboxylic acids is 1. The van der Waals surface area contributed by atoms with Gasteiger partial charge in [0.2, 0.25) is 0 Å². The van der Waals surface area contributed by atoms with Gasteiger partial charge in [-0.2, -0.15) is 0 Å². The molecule has 0 unspecified atom stereocenters. The molecule has 0 amide bonds. The fourth-order valence-corrected chi connectivity index (χ4v) is 8.16. The first-order chi connectivity index (χ1) is 19.4. The number of fused-ring (bicyclic) bond motifs is 3. The van der Waals surface area contributed by atoms with E-state index in [4.69, 9.17) is 32.5 Å². The molecule has 216 valence electrons. The van der Waals surface area contributed by atoms with Crippen LogP contribution in [0.5, 0.6) is 0 Å². The van der Waals surface area contributed by atoms with Gasteiger partial charge < -0.3 is 24.6 Å². The fourth-order valence-electron chi connectivity index (χ4n) is 6.32. The van der Waals surface area contributed by atoms with Gasteiger partial charge in [0, 0.05) is 5.56 Å². The minimum Gasteiger partial charge on any atom is -0.478 e. The number of halogens is 3. The van der Waals surface area contributed by atoms with Crippen molar-refractivity contribution in [2.75, 3.05) is 0 Å². The van der Waals surface area contributed by atoms with Crippen LogP contribution in [0.25, 0.3) is 21.5 Å². The van der Waals surface area contributed by atoms with Crippen LogP contribution >= 0.6 is 34.5 Å². The van der Waals surface area contributed by atoms with Crippen molar-refractivity contribution in [1.29, 1.82) is 0 Å². The zero-order valence-electron chi connectivity index (χ0n) is 22.2. The molecule has 2 heterocycles. The fraction of sp³-hybridized carbons (Fsp3) is 0.414. The number of ether oxygens (including phenoxy) is 1. The number of rotatable bonds is 7. The molecule has 41 heavy (non-hydrogen) atoms. The van der Waals surface area contributed by atoms with Crippen molar-refractivity contribution in [3.05, 3.63) is 68.1 Å². The number of hydrogen-bond donors (Lipinski definition) is 3. The Hall–Kier alpha value is -2.60. The number of benzene rings is 2. The molecule has 0 spiro atoms. The minimum atomic E-state index is -1.34. The van der Waals surface area contributed by atoms with E-state index >= 15 is 0 Å². The molecular formula is C29H27Cl2FN2O6S. The SMILES string of the molecule is CC(C)(O)c1onc(-c2c(Cl)cccc2Cl)c1CO[C@H]1C[C@H]2CC[C@@H](C1)[C@@]2(O)c1nc2c(F)cc(C(=O)O)cc2s1. The summed E-state index contributed by atoms with van der Waals surface area (Å²) in [4.78, 5) is 15.8. The lowest BCUT2D eigenvalue weighted by molar-refractivity contribution is -0.116. The predicted octanol–water partition coefficient (Wildman–Crippen LogP) is 6.92. The van der Waals surface area contributed by atoms with Gasteiger partial charge in [-0.3, -0.25) is 0 Å². The molecule has 0 radical (unpaired) electrons. The summed E-state index contributed by atoms with van der Waals surface area (Å²) in [7, 11) is 0. The molecule has 2 saturated carbocycles. The van der Waals surface area contributed by atoms with E-state index in [0.29, 0.717) is 49.4 Å². The molecule has 2 aromatic heterocycles. The van der Waals surface area contributed by atoms with Crippen LogP contribution in [0.4, 0.5) is 4.39 Å². The van der Waals surface area contributed by atoms with Crippen molar-refractivity contribution in [2.24, 2.45) is 11.8 Å². The lowest BCUT2D eigenvalue weighted by atomic mass is 9.73.